The summed E-state index contributed by atoms with van der Waals surface area (Å²) in [6, 6.07) is 7.93. The van der Waals surface area contributed by atoms with Crippen LogP contribution in [0.1, 0.15) is 26.7 Å². The first-order chi connectivity index (χ1) is 10.1. The Morgan fingerprint density at radius 3 is 2.95 bits per heavy atom. The Morgan fingerprint density at radius 2 is 2.33 bits per heavy atom. The molecule has 2 rings (SSSR count). The Morgan fingerprint density at radius 1 is 1.52 bits per heavy atom. The monoisotopic (exact) mass is 291 g/mol. The molecule has 1 fully saturated rings. The molecule has 5 nitrogen and oxygen atoms in total. The molecular formula is C16H25N3O2. The summed E-state index contributed by atoms with van der Waals surface area (Å²) < 4.78 is 5.18. The molecule has 0 spiro atoms. The van der Waals surface area contributed by atoms with Crippen molar-refractivity contribution >= 4 is 11.7 Å². The Hall–Kier alpha value is -1.75. The average molecular weight is 291 g/mol. The third kappa shape index (κ3) is 4.36. The number of carbonyl (C=O) groups is 1. The standard InChI is InChI=1S/C16H25N3O2/c1-12(2)19(11-14-7-5-9-17-14)16(20)18-13-6-4-8-15(10-13)21-3/h4,6,8,10,12,14,17H,5,7,9,11H2,1-3H3,(H,18,20). The zero-order chi connectivity index (χ0) is 15.2. The quantitative estimate of drug-likeness (QED) is 0.877. The van der Waals surface area contributed by atoms with Gasteiger partial charge in [0.1, 0.15) is 5.75 Å². The van der Waals surface area contributed by atoms with Crippen LogP contribution in [0.3, 0.4) is 0 Å². The summed E-state index contributed by atoms with van der Waals surface area (Å²) in [5.41, 5.74) is 0.754. The maximum atomic E-state index is 12.5. The maximum Gasteiger partial charge on any atom is 0.322 e. The van der Waals surface area contributed by atoms with Gasteiger partial charge >= 0.3 is 6.03 Å². The average Bonchev–Trinajstić information content (AvgIpc) is 2.97. The molecule has 116 valence electrons. The topological polar surface area (TPSA) is 53.6 Å². The summed E-state index contributed by atoms with van der Waals surface area (Å²) in [4.78, 5) is 14.4. The Kier molecular flexibility index (Phi) is 5.44. The van der Waals surface area contributed by atoms with Gasteiger partial charge in [0.15, 0.2) is 0 Å². The minimum absolute atomic E-state index is 0.0630. The van der Waals surface area contributed by atoms with Gasteiger partial charge in [-0.2, -0.15) is 0 Å². The van der Waals surface area contributed by atoms with E-state index in [0.29, 0.717) is 6.04 Å². The second-order valence-electron chi connectivity index (χ2n) is 5.70. The lowest BCUT2D eigenvalue weighted by molar-refractivity contribution is 0.190. The predicted octanol–water partition coefficient (Wildman–Crippen LogP) is 2.69. The van der Waals surface area contributed by atoms with Gasteiger partial charge in [0.2, 0.25) is 0 Å². The largest absolute Gasteiger partial charge is 0.497 e. The fraction of sp³-hybridized carbons (Fsp3) is 0.562. The van der Waals surface area contributed by atoms with Crippen LogP contribution in [-0.4, -0.2) is 43.2 Å². The van der Waals surface area contributed by atoms with Crippen LogP contribution < -0.4 is 15.4 Å². The highest BCUT2D eigenvalue weighted by Crippen LogP contribution is 2.18. The summed E-state index contributed by atoms with van der Waals surface area (Å²) in [6.07, 6.45) is 2.32. The van der Waals surface area contributed by atoms with E-state index in [9.17, 15) is 4.79 Å². The van der Waals surface area contributed by atoms with E-state index in [-0.39, 0.29) is 12.1 Å². The number of carbonyl (C=O) groups excluding carboxylic acids is 1. The summed E-state index contributed by atoms with van der Waals surface area (Å²) in [5.74, 6) is 0.737. The first-order valence-corrected chi connectivity index (χ1v) is 7.55. The minimum Gasteiger partial charge on any atom is -0.497 e. The van der Waals surface area contributed by atoms with Gasteiger partial charge in [0, 0.05) is 30.4 Å². The van der Waals surface area contributed by atoms with Gasteiger partial charge in [-0.05, 0) is 45.4 Å². The first kappa shape index (κ1) is 15.6. The third-order valence-corrected chi connectivity index (χ3v) is 3.78. The molecular weight excluding hydrogens is 266 g/mol. The predicted molar refractivity (Wildman–Crippen MR) is 84.9 cm³/mol. The van der Waals surface area contributed by atoms with E-state index in [1.54, 1.807) is 7.11 Å². The molecule has 1 atom stereocenters. The zero-order valence-electron chi connectivity index (χ0n) is 13.1. The van der Waals surface area contributed by atoms with Crippen LogP contribution in [-0.2, 0) is 0 Å². The fourth-order valence-corrected chi connectivity index (χ4v) is 2.57. The molecule has 1 aromatic carbocycles. The lowest BCUT2D eigenvalue weighted by Gasteiger charge is -2.29. The second kappa shape index (κ2) is 7.31. The van der Waals surface area contributed by atoms with Crippen LogP contribution in [0.5, 0.6) is 5.75 Å². The number of hydrogen-bond acceptors (Lipinski definition) is 3. The number of hydrogen-bond donors (Lipinski definition) is 2. The van der Waals surface area contributed by atoms with Crippen molar-refractivity contribution in [2.75, 3.05) is 25.5 Å². The summed E-state index contributed by atoms with van der Waals surface area (Å²) >= 11 is 0. The van der Waals surface area contributed by atoms with Crippen molar-refractivity contribution in [3.8, 4) is 5.75 Å². The molecule has 21 heavy (non-hydrogen) atoms. The number of methoxy groups -OCH3 is 1. The number of ether oxygens (including phenoxy) is 1. The van der Waals surface area contributed by atoms with Crippen molar-refractivity contribution in [1.82, 2.24) is 10.2 Å². The third-order valence-electron chi connectivity index (χ3n) is 3.78. The highest BCUT2D eigenvalue weighted by molar-refractivity contribution is 5.89. The van der Waals surface area contributed by atoms with Crippen LogP contribution in [0.4, 0.5) is 10.5 Å². The van der Waals surface area contributed by atoms with Crippen molar-refractivity contribution in [2.24, 2.45) is 0 Å². The Labute approximate surface area is 126 Å². The van der Waals surface area contributed by atoms with Crippen LogP contribution >= 0.6 is 0 Å². The van der Waals surface area contributed by atoms with E-state index in [4.69, 9.17) is 4.74 Å². The van der Waals surface area contributed by atoms with Crippen molar-refractivity contribution in [1.29, 1.82) is 0 Å². The Bertz CT molecular complexity index is 470. The van der Waals surface area contributed by atoms with Crippen LogP contribution in [0.25, 0.3) is 0 Å². The van der Waals surface area contributed by atoms with Crippen LogP contribution in [0.2, 0.25) is 0 Å². The van der Waals surface area contributed by atoms with Gasteiger partial charge < -0.3 is 20.3 Å². The highest BCUT2D eigenvalue weighted by Gasteiger charge is 2.23. The van der Waals surface area contributed by atoms with E-state index in [1.807, 2.05) is 43.0 Å². The molecule has 0 radical (unpaired) electrons. The molecule has 1 unspecified atom stereocenters. The summed E-state index contributed by atoms with van der Waals surface area (Å²) in [7, 11) is 1.62. The summed E-state index contributed by atoms with van der Waals surface area (Å²) in [6.45, 7) is 5.88. The van der Waals surface area contributed by atoms with Crippen molar-refractivity contribution in [3.05, 3.63) is 24.3 Å². The SMILES string of the molecule is COc1cccc(NC(=O)N(CC2CCCN2)C(C)C)c1. The zero-order valence-corrected chi connectivity index (χ0v) is 13.1. The number of nitrogens with zero attached hydrogens (tertiary/aromatic N) is 1. The van der Waals surface area contributed by atoms with Crippen molar-refractivity contribution in [3.63, 3.8) is 0 Å². The second-order valence-corrected chi connectivity index (χ2v) is 5.70. The fourth-order valence-electron chi connectivity index (χ4n) is 2.57. The lowest BCUT2D eigenvalue weighted by Crippen LogP contribution is -2.46. The highest BCUT2D eigenvalue weighted by atomic mass is 16.5. The molecule has 0 aromatic heterocycles. The van der Waals surface area contributed by atoms with Gasteiger partial charge in [-0.1, -0.05) is 6.07 Å². The Balaban J connectivity index is 2.00. The van der Waals surface area contributed by atoms with Gasteiger partial charge in [-0.15, -0.1) is 0 Å². The number of rotatable bonds is 5. The minimum atomic E-state index is -0.0630. The molecule has 1 heterocycles. The molecule has 2 N–H and O–H groups in total. The smallest absolute Gasteiger partial charge is 0.322 e. The number of urea groups is 1. The van der Waals surface area contributed by atoms with E-state index < -0.39 is 0 Å². The molecule has 0 saturated carbocycles. The number of anilines is 1. The van der Waals surface area contributed by atoms with E-state index in [2.05, 4.69) is 10.6 Å². The lowest BCUT2D eigenvalue weighted by atomic mass is 10.2. The van der Waals surface area contributed by atoms with Crippen molar-refractivity contribution < 1.29 is 9.53 Å². The van der Waals surface area contributed by atoms with Crippen LogP contribution in [0, 0.1) is 0 Å². The molecule has 0 aliphatic carbocycles. The number of amides is 2. The van der Waals surface area contributed by atoms with Crippen LogP contribution in [0.15, 0.2) is 24.3 Å². The van der Waals surface area contributed by atoms with Gasteiger partial charge in [0.05, 0.1) is 7.11 Å². The summed E-state index contributed by atoms with van der Waals surface area (Å²) in [5, 5.41) is 6.39. The molecule has 0 bridgehead atoms. The maximum absolute atomic E-state index is 12.5. The van der Waals surface area contributed by atoms with Crippen molar-refractivity contribution in [2.45, 2.75) is 38.8 Å². The molecule has 1 saturated heterocycles. The molecule has 5 heteroatoms. The number of benzene rings is 1. The van der Waals surface area contributed by atoms with Gasteiger partial charge in [-0.3, -0.25) is 0 Å². The normalized spacial score (nSPS) is 17.8. The van der Waals surface area contributed by atoms with E-state index in [1.165, 1.54) is 6.42 Å². The van der Waals surface area contributed by atoms with Gasteiger partial charge in [0.25, 0.3) is 0 Å². The first-order valence-electron chi connectivity index (χ1n) is 7.55. The molecule has 1 aromatic rings. The molecule has 2 amide bonds. The molecule has 1 aliphatic rings. The van der Waals surface area contributed by atoms with E-state index in [0.717, 1.165) is 30.9 Å². The molecule has 1 aliphatic heterocycles. The number of nitrogens with one attached hydrogen (secondary N) is 2. The van der Waals surface area contributed by atoms with Gasteiger partial charge in [-0.25, -0.2) is 4.79 Å². The van der Waals surface area contributed by atoms with E-state index >= 15 is 0 Å².